The largest absolute Gasteiger partial charge is 0.336 e. The van der Waals surface area contributed by atoms with Crippen LogP contribution in [0.5, 0.6) is 0 Å². The smallest absolute Gasteiger partial charge is 0.240 e. The predicted octanol–water partition coefficient (Wildman–Crippen LogP) is 2.26. The molecule has 20 heavy (non-hydrogen) atoms. The molecule has 3 rings (SSSR count). The average Bonchev–Trinajstić information content (AvgIpc) is 2.46. The maximum atomic E-state index is 12.8. The van der Waals surface area contributed by atoms with E-state index in [1.165, 1.54) is 11.1 Å². The van der Waals surface area contributed by atoms with Crippen LogP contribution in [0.15, 0.2) is 24.3 Å². The van der Waals surface area contributed by atoms with Crippen LogP contribution in [0.1, 0.15) is 23.3 Å². The zero-order chi connectivity index (χ0) is 13.2. The summed E-state index contributed by atoms with van der Waals surface area (Å²) in [7, 11) is 0. The van der Waals surface area contributed by atoms with Crippen LogP contribution >= 0.6 is 24.2 Å². The lowest BCUT2D eigenvalue weighted by atomic mass is 10.00. The van der Waals surface area contributed by atoms with E-state index in [2.05, 4.69) is 35.3 Å². The van der Waals surface area contributed by atoms with Gasteiger partial charge in [0.25, 0.3) is 0 Å². The van der Waals surface area contributed by atoms with E-state index in [0.29, 0.717) is 11.9 Å². The molecule has 2 aliphatic heterocycles. The number of nitrogens with zero attached hydrogens (tertiary/aromatic N) is 1. The molecule has 3 nitrogen and oxygen atoms in total. The second kappa shape index (κ2) is 6.83. The minimum Gasteiger partial charge on any atom is -0.336 e. The molecule has 2 aliphatic rings. The van der Waals surface area contributed by atoms with Crippen LogP contribution in [0.3, 0.4) is 0 Å². The summed E-state index contributed by atoms with van der Waals surface area (Å²) in [5.41, 5.74) is 2.58. The molecular weight excluding hydrogens is 292 g/mol. The first-order valence-electron chi connectivity index (χ1n) is 6.98. The van der Waals surface area contributed by atoms with Crippen molar-refractivity contribution in [3.05, 3.63) is 35.4 Å². The highest BCUT2D eigenvalue weighted by Crippen LogP contribution is 2.38. The third-order valence-corrected chi connectivity index (χ3v) is 5.23. The van der Waals surface area contributed by atoms with Crippen molar-refractivity contribution in [3.63, 3.8) is 0 Å². The summed E-state index contributed by atoms with van der Waals surface area (Å²) < 4.78 is 0. The van der Waals surface area contributed by atoms with Gasteiger partial charge in [-0.2, -0.15) is 0 Å². The van der Waals surface area contributed by atoms with Crippen molar-refractivity contribution in [3.8, 4) is 0 Å². The third kappa shape index (κ3) is 2.97. The number of piperazine rings is 1. The summed E-state index contributed by atoms with van der Waals surface area (Å²) >= 11 is 1.80. The fraction of sp³-hybridized carbons (Fsp3) is 0.533. The van der Waals surface area contributed by atoms with Crippen LogP contribution < -0.4 is 5.32 Å². The van der Waals surface area contributed by atoms with Gasteiger partial charge in [-0.15, -0.1) is 24.2 Å². The molecule has 1 fully saturated rings. The molecule has 1 amide bonds. The van der Waals surface area contributed by atoms with Gasteiger partial charge in [-0.1, -0.05) is 24.3 Å². The molecule has 1 aromatic rings. The normalized spacial score (nSPS) is 25.6. The molecule has 5 heteroatoms. The summed E-state index contributed by atoms with van der Waals surface area (Å²) in [6, 6.07) is 8.71. The number of fused-ring (bicyclic) bond motifs is 1. The number of halogens is 1. The van der Waals surface area contributed by atoms with Gasteiger partial charge in [0.15, 0.2) is 0 Å². The summed E-state index contributed by atoms with van der Waals surface area (Å²) in [6.45, 7) is 4.78. The van der Waals surface area contributed by atoms with Gasteiger partial charge in [0, 0.05) is 25.7 Å². The summed E-state index contributed by atoms with van der Waals surface area (Å²) in [5.74, 6) is 1.35. The van der Waals surface area contributed by atoms with E-state index >= 15 is 0 Å². The lowest BCUT2D eigenvalue weighted by molar-refractivity contribution is -0.133. The highest BCUT2D eigenvalue weighted by Gasteiger charge is 2.33. The van der Waals surface area contributed by atoms with Gasteiger partial charge in [0.2, 0.25) is 5.91 Å². The molecule has 0 aromatic heterocycles. The number of amides is 1. The van der Waals surface area contributed by atoms with E-state index in [9.17, 15) is 4.79 Å². The van der Waals surface area contributed by atoms with Gasteiger partial charge >= 0.3 is 0 Å². The van der Waals surface area contributed by atoms with E-state index in [4.69, 9.17) is 0 Å². The first-order chi connectivity index (χ1) is 9.27. The number of aryl methyl sites for hydroxylation is 1. The van der Waals surface area contributed by atoms with Crippen LogP contribution in [0.25, 0.3) is 0 Å². The highest BCUT2D eigenvalue weighted by molar-refractivity contribution is 8.00. The molecule has 1 unspecified atom stereocenters. The maximum Gasteiger partial charge on any atom is 0.240 e. The van der Waals surface area contributed by atoms with Crippen LogP contribution in [-0.4, -0.2) is 42.2 Å². The number of rotatable bonds is 1. The van der Waals surface area contributed by atoms with Gasteiger partial charge in [0.1, 0.15) is 5.25 Å². The molecule has 2 heterocycles. The SMILES string of the molecule is C[C@@H]1CNCCN1C(=O)C1SCCc2ccccc21.Cl. The Morgan fingerprint density at radius 1 is 1.40 bits per heavy atom. The van der Waals surface area contributed by atoms with Crippen molar-refractivity contribution in [1.29, 1.82) is 0 Å². The van der Waals surface area contributed by atoms with E-state index in [1.54, 1.807) is 11.8 Å². The lowest BCUT2D eigenvalue weighted by Gasteiger charge is -2.37. The van der Waals surface area contributed by atoms with Crippen molar-refractivity contribution in [2.45, 2.75) is 24.6 Å². The fourth-order valence-corrected chi connectivity index (χ4v) is 4.18. The van der Waals surface area contributed by atoms with Gasteiger partial charge in [-0.3, -0.25) is 4.79 Å². The van der Waals surface area contributed by atoms with Crippen molar-refractivity contribution < 1.29 is 4.79 Å². The minimum atomic E-state index is 0. The Kier molecular flexibility index (Phi) is 5.35. The zero-order valence-corrected chi connectivity index (χ0v) is 13.3. The Balaban J connectivity index is 0.00000147. The van der Waals surface area contributed by atoms with Crippen LogP contribution in [0.4, 0.5) is 0 Å². The Labute approximate surface area is 130 Å². The first-order valence-corrected chi connectivity index (χ1v) is 8.03. The number of carbonyl (C=O) groups is 1. The number of nitrogens with one attached hydrogen (secondary N) is 1. The standard InChI is InChI=1S/C15H20N2OS.ClH/c1-11-10-16-7-8-17(11)15(18)14-13-5-3-2-4-12(13)6-9-19-14;/h2-5,11,14,16H,6-10H2,1H3;1H/t11-,14?;/m1./s1. The molecule has 1 saturated heterocycles. The molecule has 0 aliphatic carbocycles. The lowest BCUT2D eigenvalue weighted by Crippen LogP contribution is -2.53. The number of carbonyl (C=O) groups excluding carboxylic acids is 1. The van der Waals surface area contributed by atoms with Crippen LogP contribution in [0, 0.1) is 0 Å². The van der Waals surface area contributed by atoms with E-state index in [1.807, 2.05) is 6.07 Å². The van der Waals surface area contributed by atoms with Crippen molar-refractivity contribution in [1.82, 2.24) is 10.2 Å². The molecule has 0 saturated carbocycles. The summed E-state index contributed by atoms with van der Waals surface area (Å²) in [4.78, 5) is 14.9. The maximum absolute atomic E-state index is 12.8. The number of hydrogen-bond donors (Lipinski definition) is 1. The van der Waals surface area contributed by atoms with Gasteiger partial charge in [0.05, 0.1) is 0 Å². The summed E-state index contributed by atoms with van der Waals surface area (Å²) in [6.07, 6.45) is 1.09. The number of hydrogen-bond acceptors (Lipinski definition) is 3. The Bertz CT molecular complexity index is 483. The predicted molar refractivity (Wildman–Crippen MR) is 86.6 cm³/mol. The van der Waals surface area contributed by atoms with E-state index in [-0.39, 0.29) is 17.7 Å². The molecule has 1 N–H and O–H groups in total. The van der Waals surface area contributed by atoms with Crippen LogP contribution in [-0.2, 0) is 11.2 Å². The molecule has 0 spiro atoms. The van der Waals surface area contributed by atoms with Crippen molar-refractivity contribution in [2.24, 2.45) is 0 Å². The highest BCUT2D eigenvalue weighted by atomic mass is 35.5. The van der Waals surface area contributed by atoms with Gasteiger partial charge < -0.3 is 10.2 Å². The molecule has 0 bridgehead atoms. The first kappa shape index (κ1) is 15.7. The minimum absolute atomic E-state index is 0. The molecule has 0 radical (unpaired) electrons. The van der Waals surface area contributed by atoms with Gasteiger partial charge in [-0.05, 0) is 30.2 Å². The van der Waals surface area contributed by atoms with Crippen LogP contribution in [0.2, 0.25) is 0 Å². The fourth-order valence-electron chi connectivity index (χ4n) is 2.92. The van der Waals surface area contributed by atoms with Crippen molar-refractivity contribution >= 4 is 30.1 Å². The summed E-state index contributed by atoms with van der Waals surface area (Å²) in [5, 5.41) is 3.35. The van der Waals surface area contributed by atoms with E-state index in [0.717, 1.165) is 31.8 Å². The number of benzene rings is 1. The number of thioether (sulfide) groups is 1. The monoisotopic (exact) mass is 312 g/mol. The average molecular weight is 313 g/mol. The van der Waals surface area contributed by atoms with Gasteiger partial charge in [-0.25, -0.2) is 0 Å². The van der Waals surface area contributed by atoms with Crippen molar-refractivity contribution in [2.75, 3.05) is 25.4 Å². The topological polar surface area (TPSA) is 32.3 Å². The Hall–Kier alpha value is -0.710. The quantitative estimate of drug-likeness (QED) is 0.863. The molecule has 1 aromatic carbocycles. The second-order valence-electron chi connectivity index (χ2n) is 5.28. The Morgan fingerprint density at radius 2 is 2.20 bits per heavy atom. The molecular formula is C15H21ClN2OS. The zero-order valence-electron chi connectivity index (χ0n) is 11.7. The van der Waals surface area contributed by atoms with E-state index < -0.39 is 0 Å². The second-order valence-corrected chi connectivity index (χ2v) is 6.50. The molecule has 2 atom stereocenters. The Morgan fingerprint density at radius 3 is 3.00 bits per heavy atom. The molecule has 110 valence electrons. The third-order valence-electron chi connectivity index (χ3n) is 4.00.